The molecule has 0 aromatic heterocycles. The van der Waals surface area contributed by atoms with Crippen LogP contribution in [0.3, 0.4) is 0 Å². The zero-order valence-electron chi connectivity index (χ0n) is 11.6. The molecule has 4 heteroatoms. The minimum atomic E-state index is 0.259. The SMILES string of the molecule is C#CCOc1ccc(Br)cc1CNc1ccc(Cl)cc1C. The molecule has 0 unspecified atom stereocenters. The lowest BCUT2D eigenvalue weighted by molar-refractivity contribution is 0.366. The smallest absolute Gasteiger partial charge is 0.148 e. The molecule has 21 heavy (non-hydrogen) atoms. The van der Waals surface area contributed by atoms with E-state index in [4.69, 9.17) is 22.8 Å². The summed E-state index contributed by atoms with van der Waals surface area (Å²) in [5.74, 6) is 3.27. The van der Waals surface area contributed by atoms with E-state index in [1.807, 2.05) is 43.3 Å². The number of nitrogens with one attached hydrogen (secondary N) is 1. The third-order valence-corrected chi connectivity index (χ3v) is 3.72. The van der Waals surface area contributed by atoms with E-state index in [-0.39, 0.29) is 6.61 Å². The Labute approximate surface area is 138 Å². The molecule has 0 aliphatic carbocycles. The van der Waals surface area contributed by atoms with Crippen LogP contribution >= 0.6 is 27.5 Å². The number of hydrogen-bond donors (Lipinski definition) is 1. The number of aryl methyl sites for hydroxylation is 1. The number of terminal acetylenes is 1. The molecular weight excluding hydrogens is 350 g/mol. The maximum Gasteiger partial charge on any atom is 0.148 e. The van der Waals surface area contributed by atoms with E-state index < -0.39 is 0 Å². The van der Waals surface area contributed by atoms with Crippen molar-refractivity contribution in [1.29, 1.82) is 0 Å². The molecule has 0 radical (unpaired) electrons. The average molecular weight is 365 g/mol. The molecule has 0 amide bonds. The standard InChI is InChI=1S/C17H15BrClNO/c1-3-8-21-17-7-4-14(18)10-13(17)11-20-16-6-5-15(19)9-12(16)2/h1,4-7,9-10,20H,8,11H2,2H3. The summed E-state index contributed by atoms with van der Waals surface area (Å²) in [6.07, 6.45) is 5.24. The zero-order chi connectivity index (χ0) is 15.2. The van der Waals surface area contributed by atoms with E-state index in [0.29, 0.717) is 6.54 Å². The fourth-order valence-electron chi connectivity index (χ4n) is 1.96. The summed E-state index contributed by atoms with van der Waals surface area (Å²) in [5, 5.41) is 4.12. The van der Waals surface area contributed by atoms with Gasteiger partial charge in [-0.2, -0.15) is 0 Å². The van der Waals surface area contributed by atoms with Gasteiger partial charge in [0.05, 0.1) is 0 Å². The summed E-state index contributed by atoms with van der Waals surface area (Å²) in [6.45, 7) is 2.92. The van der Waals surface area contributed by atoms with Crippen molar-refractivity contribution < 1.29 is 4.74 Å². The molecule has 2 rings (SSSR count). The quantitative estimate of drug-likeness (QED) is 0.751. The van der Waals surface area contributed by atoms with Gasteiger partial charge in [-0.15, -0.1) is 6.42 Å². The van der Waals surface area contributed by atoms with Crippen LogP contribution in [0.1, 0.15) is 11.1 Å². The van der Waals surface area contributed by atoms with E-state index in [1.165, 1.54) is 0 Å². The Morgan fingerprint density at radius 2 is 2.10 bits per heavy atom. The van der Waals surface area contributed by atoms with Crippen molar-refractivity contribution in [3.8, 4) is 18.1 Å². The van der Waals surface area contributed by atoms with Crippen molar-refractivity contribution in [2.45, 2.75) is 13.5 Å². The molecule has 1 N–H and O–H groups in total. The first-order chi connectivity index (χ1) is 10.1. The second-order valence-electron chi connectivity index (χ2n) is 4.56. The van der Waals surface area contributed by atoms with Gasteiger partial charge in [0.2, 0.25) is 0 Å². The Bertz CT molecular complexity index is 679. The predicted molar refractivity (Wildman–Crippen MR) is 92.0 cm³/mol. The first-order valence-corrected chi connectivity index (χ1v) is 7.62. The van der Waals surface area contributed by atoms with Gasteiger partial charge in [0.15, 0.2) is 0 Å². The lowest BCUT2D eigenvalue weighted by Gasteiger charge is -2.13. The summed E-state index contributed by atoms with van der Waals surface area (Å²) >= 11 is 9.44. The highest BCUT2D eigenvalue weighted by molar-refractivity contribution is 9.10. The summed E-state index contributed by atoms with van der Waals surface area (Å²) in [4.78, 5) is 0. The zero-order valence-corrected chi connectivity index (χ0v) is 14.0. The van der Waals surface area contributed by atoms with E-state index in [1.54, 1.807) is 0 Å². The lowest BCUT2D eigenvalue weighted by Crippen LogP contribution is -2.04. The number of halogens is 2. The first kappa shape index (κ1) is 15.8. The third kappa shape index (κ3) is 4.42. The second-order valence-corrected chi connectivity index (χ2v) is 5.91. The molecule has 0 aliphatic rings. The van der Waals surface area contributed by atoms with Gasteiger partial charge in [0, 0.05) is 27.3 Å². The molecule has 0 atom stereocenters. The van der Waals surface area contributed by atoms with Gasteiger partial charge < -0.3 is 10.1 Å². The topological polar surface area (TPSA) is 21.3 Å². The highest BCUT2D eigenvalue weighted by Gasteiger charge is 2.06. The van der Waals surface area contributed by atoms with Gasteiger partial charge in [-0.3, -0.25) is 0 Å². The predicted octanol–water partition coefficient (Wildman–Crippen LogP) is 5.04. The van der Waals surface area contributed by atoms with Crippen molar-refractivity contribution in [3.05, 3.63) is 57.0 Å². The van der Waals surface area contributed by atoms with E-state index in [9.17, 15) is 0 Å². The maximum absolute atomic E-state index is 5.96. The summed E-state index contributed by atoms with van der Waals surface area (Å²) < 4.78 is 6.56. The highest BCUT2D eigenvalue weighted by atomic mass is 79.9. The van der Waals surface area contributed by atoms with Crippen LogP contribution in [0.15, 0.2) is 40.9 Å². The van der Waals surface area contributed by atoms with E-state index >= 15 is 0 Å². The Kier molecular flexibility index (Phi) is 5.55. The summed E-state index contributed by atoms with van der Waals surface area (Å²) in [7, 11) is 0. The third-order valence-electron chi connectivity index (χ3n) is 2.99. The maximum atomic E-state index is 5.96. The van der Waals surface area contributed by atoms with Crippen LogP contribution in [0.5, 0.6) is 5.75 Å². The fourth-order valence-corrected chi connectivity index (χ4v) is 2.60. The largest absolute Gasteiger partial charge is 0.481 e. The molecule has 0 saturated carbocycles. The van der Waals surface area contributed by atoms with Crippen molar-refractivity contribution in [3.63, 3.8) is 0 Å². The molecule has 2 aromatic carbocycles. The Morgan fingerprint density at radius 1 is 1.29 bits per heavy atom. The molecule has 2 nitrogen and oxygen atoms in total. The van der Waals surface area contributed by atoms with Gasteiger partial charge in [0.1, 0.15) is 12.4 Å². The van der Waals surface area contributed by atoms with Crippen LogP contribution in [0, 0.1) is 19.3 Å². The molecule has 0 heterocycles. The Balaban J connectivity index is 2.15. The summed E-state index contributed by atoms with van der Waals surface area (Å²) in [5.41, 5.74) is 3.18. The van der Waals surface area contributed by atoms with Crippen LogP contribution in [-0.4, -0.2) is 6.61 Å². The first-order valence-electron chi connectivity index (χ1n) is 6.45. The molecule has 2 aromatic rings. The van der Waals surface area contributed by atoms with Crippen molar-refractivity contribution in [1.82, 2.24) is 0 Å². The number of ether oxygens (including phenoxy) is 1. The fraction of sp³-hybridized carbons (Fsp3) is 0.176. The van der Waals surface area contributed by atoms with Crippen molar-refractivity contribution in [2.24, 2.45) is 0 Å². The highest BCUT2D eigenvalue weighted by Crippen LogP contribution is 2.26. The monoisotopic (exact) mass is 363 g/mol. The van der Waals surface area contributed by atoms with Gasteiger partial charge in [-0.1, -0.05) is 33.5 Å². The number of hydrogen-bond acceptors (Lipinski definition) is 2. The number of rotatable bonds is 5. The lowest BCUT2D eigenvalue weighted by atomic mass is 10.1. The van der Waals surface area contributed by atoms with E-state index in [0.717, 1.165) is 32.1 Å². The van der Waals surface area contributed by atoms with Gasteiger partial charge in [0.25, 0.3) is 0 Å². The van der Waals surface area contributed by atoms with Crippen LogP contribution < -0.4 is 10.1 Å². The molecule has 108 valence electrons. The van der Waals surface area contributed by atoms with Gasteiger partial charge in [-0.25, -0.2) is 0 Å². The second kappa shape index (κ2) is 7.40. The van der Waals surface area contributed by atoms with Crippen LogP contribution in [0.4, 0.5) is 5.69 Å². The molecule has 0 aliphatic heterocycles. The van der Waals surface area contributed by atoms with Crippen LogP contribution in [0.2, 0.25) is 5.02 Å². The minimum absolute atomic E-state index is 0.259. The molecule has 0 bridgehead atoms. The van der Waals surface area contributed by atoms with Crippen LogP contribution in [0.25, 0.3) is 0 Å². The van der Waals surface area contributed by atoms with Crippen LogP contribution in [-0.2, 0) is 6.54 Å². The summed E-state index contributed by atoms with van der Waals surface area (Å²) in [6, 6.07) is 11.6. The van der Waals surface area contributed by atoms with Crippen molar-refractivity contribution >= 4 is 33.2 Å². The number of anilines is 1. The molecular formula is C17H15BrClNO. The average Bonchev–Trinajstić information content (AvgIpc) is 2.45. The Morgan fingerprint density at radius 3 is 2.81 bits per heavy atom. The normalized spacial score (nSPS) is 10.0. The van der Waals surface area contributed by atoms with Crippen molar-refractivity contribution in [2.75, 3.05) is 11.9 Å². The molecule has 0 fully saturated rings. The minimum Gasteiger partial charge on any atom is -0.481 e. The number of benzene rings is 2. The Hall–Kier alpha value is -1.63. The molecule has 0 saturated heterocycles. The van der Waals surface area contributed by atoms with Gasteiger partial charge >= 0.3 is 0 Å². The molecule has 0 spiro atoms. The van der Waals surface area contributed by atoms with Gasteiger partial charge in [-0.05, 0) is 48.9 Å². The van der Waals surface area contributed by atoms with E-state index in [2.05, 4.69) is 27.2 Å².